The summed E-state index contributed by atoms with van der Waals surface area (Å²) < 4.78 is 25.7. The van der Waals surface area contributed by atoms with Crippen LogP contribution in [-0.4, -0.2) is 0 Å². The van der Waals surface area contributed by atoms with E-state index in [1.54, 1.807) is 0 Å². The summed E-state index contributed by atoms with van der Waals surface area (Å²) in [4.78, 5) is 0. The summed E-state index contributed by atoms with van der Waals surface area (Å²) in [5, 5.41) is 0. The van der Waals surface area contributed by atoms with Crippen LogP contribution >= 0.6 is 15.9 Å². The Balaban J connectivity index is 0.000000671. The molecule has 0 aliphatic rings. The molecule has 0 fully saturated rings. The van der Waals surface area contributed by atoms with E-state index < -0.39 is 11.6 Å². The number of nitrogen functional groups attached to an aromatic ring is 1. The van der Waals surface area contributed by atoms with E-state index in [-0.39, 0.29) is 15.7 Å². The van der Waals surface area contributed by atoms with E-state index >= 15 is 0 Å². The van der Waals surface area contributed by atoms with E-state index in [4.69, 9.17) is 5.73 Å². The summed E-state index contributed by atoms with van der Waals surface area (Å²) in [5.41, 5.74) is 5.22. The van der Waals surface area contributed by atoms with Gasteiger partial charge < -0.3 is 5.73 Å². The molecule has 74 valence electrons. The van der Waals surface area contributed by atoms with Crippen LogP contribution in [0.5, 0.6) is 0 Å². The van der Waals surface area contributed by atoms with E-state index in [1.165, 1.54) is 6.92 Å². The van der Waals surface area contributed by atoms with Gasteiger partial charge in [-0.3, -0.25) is 0 Å². The zero-order chi connectivity index (χ0) is 10.6. The van der Waals surface area contributed by atoms with Crippen LogP contribution in [0.15, 0.2) is 10.5 Å². The van der Waals surface area contributed by atoms with Crippen molar-refractivity contribution in [2.75, 3.05) is 5.73 Å². The molecule has 0 saturated heterocycles. The van der Waals surface area contributed by atoms with Crippen LogP contribution in [0.25, 0.3) is 0 Å². The van der Waals surface area contributed by atoms with Gasteiger partial charge in [-0.1, -0.05) is 13.8 Å². The highest BCUT2D eigenvalue weighted by Gasteiger charge is 2.10. The highest BCUT2D eigenvalue weighted by Crippen LogP contribution is 2.25. The van der Waals surface area contributed by atoms with Gasteiger partial charge >= 0.3 is 0 Å². The first-order chi connectivity index (χ1) is 6.04. The molecule has 0 aliphatic heterocycles. The lowest BCUT2D eigenvalue weighted by Gasteiger charge is -2.03. The fourth-order valence-electron chi connectivity index (χ4n) is 0.729. The molecule has 0 spiro atoms. The van der Waals surface area contributed by atoms with Crippen LogP contribution in [0.3, 0.4) is 0 Å². The minimum atomic E-state index is -0.601. The Hall–Kier alpha value is -0.640. The quantitative estimate of drug-likeness (QED) is 0.553. The Morgan fingerprint density at radius 2 is 1.77 bits per heavy atom. The molecule has 0 heterocycles. The number of rotatable bonds is 0. The molecule has 0 radical (unpaired) electrons. The molecular formula is C9H12BrF2N. The topological polar surface area (TPSA) is 26.0 Å². The second kappa shape index (κ2) is 5.17. The maximum absolute atomic E-state index is 12.9. The van der Waals surface area contributed by atoms with Crippen LogP contribution < -0.4 is 5.73 Å². The van der Waals surface area contributed by atoms with Gasteiger partial charge in [0.2, 0.25) is 0 Å². The van der Waals surface area contributed by atoms with Gasteiger partial charge in [-0.25, -0.2) is 8.78 Å². The van der Waals surface area contributed by atoms with Crippen molar-refractivity contribution in [3.63, 3.8) is 0 Å². The Labute approximate surface area is 85.1 Å². The van der Waals surface area contributed by atoms with Crippen LogP contribution in [0.2, 0.25) is 0 Å². The van der Waals surface area contributed by atoms with Gasteiger partial charge in [0.05, 0.1) is 10.2 Å². The Kier molecular flexibility index (Phi) is 4.91. The second-order valence-corrected chi connectivity index (χ2v) is 3.05. The molecule has 1 rings (SSSR count). The number of halogens is 3. The molecule has 0 bridgehead atoms. The van der Waals surface area contributed by atoms with Crippen molar-refractivity contribution in [2.24, 2.45) is 0 Å². The SMILES string of the molecule is CC.Cc1c(N)c(F)cc(Br)c1F. The number of nitrogens with two attached hydrogens (primary N) is 1. The third kappa shape index (κ3) is 2.66. The first kappa shape index (κ1) is 12.4. The molecule has 0 unspecified atom stereocenters. The minimum Gasteiger partial charge on any atom is -0.396 e. The second-order valence-electron chi connectivity index (χ2n) is 2.19. The average molecular weight is 252 g/mol. The maximum atomic E-state index is 12.9. The molecule has 1 nitrogen and oxygen atoms in total. The summed E-state index contributed by atoms with van der Waals surface area (Å²) in [6.45, 7) is 5.43. The lowest BCUT2D eigenvalue weighted by Crippen LogP contribution is -1.97. The van der Waals surface area contributed by atoms with Crippen molar-refractivity contribution in [3.8, 4) is 0 Å². The van der Waals surface area contributed by atoms with Gasteiger partial charge in [0.1, 0.15) is 11.6 Å². The molecule has 13 heavy (non-hydrogen) atoms. The number of hydrogen-bond acceptors (Lipinski definition) is 1. The first-order valence-corrected chi connectivity index (χ1v) is 4.73. The van der Waals surface area contributed by atoms with Crippen molar-refractivity contribution in [1.82, 2.24) is 0 Å². The zero-order valence-electron chi connectivity index (χ0n) is 7.79. The molecule has 4 heteroatoms. The van der Waals surface area contributed by atoms with E-state index in [0.717, 1.165) is 6.07 Å². The number of hydrogen-bond donors (Lipinski definition) is 1. The summed E-state index contributed by atoms with van der Waals surface area (Å²) >= 11 is 2.86. The van der Waals surface area contributed by atoms with Crippen LogP contribution in [0.1, 0.15) is 19.4 Å². The zero-order valence-corrected chi connectivity index (χ0v) is 9.37. The fourth-order valence-corrected chi connectivity index (χ4v) is 1.23. The average Bonchev–Trinajstić information content (AvgIpc) is 2.15. The third-order valence-corrected chi connectivity index (χ3v) is 2.03. The molecular weight excluding hydrogens is 240 g/mol. The molecule has 0 aliphatic carbocycles. The summed E-state index contributed by atoms with van der Waals surface area (Å²) in [7, 11) is 0. The standard InChI is InChI=1S/C7H6BrF2N.C2H6/c1-3-6(10)4(8)2-5(9)7(3)11;1-2/h2H,11H2,1H3;1-2H3. The Morgan fingerprint density at radius 3 is 2.23 bits per heavy atom. The summed E-state index contributed by atoms with van der Waals surface area (Å²) in [6.07, 6.45) is 0. The van der Waals surface area contributed by atoms with Gasteiger partial charge in [0.15, 0.2) is 0 Å². The van der Waals surface area contributed by atoms with Gasteiger partial charge in [-0.05, 0) is 28.9 Å². The van der Waals surface area contributed by atoms with E-state index in [1.807, 2.05) is 13.8 Å². The lowest BCUT2D eigenvalue weighted by molar-refractivity contribution is 0.590. The highest BCUT2D eigenvalue weighted by molar-refractivity contribution is 9.10. The Morgan fingerprint density at radius 1 is 1.31 bits per heavy atom. The first-order valence-electron chi connectivity index (χ1n) is 3.93. The summed E-state index contributed by atoms with van der Waals surface area (Å²) in [6, 6.07) is 1.01. The van der Waals surface area contributed by atoms with Crippen molar-refractivity contribution < 1.29 is 8.78 Å². The highest BCUT2D eigenvalue weighted by atomic mass is 79.9. The smallest absolute Gasteiger partial charge is 0.147 e. The third-order valence-electron chi connectivity index (χ3n) is 1.45. The van der Waals surface area contributed by atoms with Crippen molar-refractivity contribution in [3.05, 3.63) is 27.7 Å². The van der Waals surface area contributed by atoms with Crippen LogP contribution in [0, 0.1) is 18.6 Å². The van der Waals surface area contributed by atoms with Crippen molar-refractivity contribution >= 4 is 21.6 Å². The molecule has 0 saturated carbocycles. The Bertz CT molecular complexity index is 274. The molecule has 1 aromatic carbocycles. The largest absolute Gasteiger partial charge is 0.396 e. The molecule has 2 N–H and O–H groups in total. The molecule has 0 amide bonds. The van der Waals surface area contributed by atoms with Gasteiger partial charge in [-0.2, -0.15) is 0 Å². The minimum absolute atomic E-state index is 0.0988. The van der Waals surface area contributed by atoms with Crippen molar-refractivity contribution in [2.45, 2.75) is 20.8 Å². The van der Waals surface area contributed by atoms with E-state index in [2.05, 4.69) is 15.9 Å². The van der Waals surface area contributed by atoms with E-state index in [9.17, 15) is 8.78 Å². The lowest BCUT2D eigenvalue weighted by atomic mass is 10.2. The van der Waals surface area contributed by atoms with E-state index in [0.29, 0.717) is 0 Å². The molecule has 0 aromatic heterocycles. The number of anilines is 1. The van der Waals surface area contributed by atoms with Crippen LogP contribution in [0.4, 0.5) is 14.5 Å². The number of benzene rings is 1. The predicted octanol–water partition coefficient (Wildman–Crippen LogP) is 3.64. The van der Waals surface area contributed by atoms with Gasteiger partial charge in [0.25, 0.3) is 0 Å². The molecule has 0 atom stereocenters. The maximum Gasteiger partial charge on any atom is 0.147 e. The normalized spacial score (nSPS) is 9.08. The van der Waals surface area contributed by atoms with Gasteiger partial charge in [-0.15, -0.1) is 0 Å². The monoisotopic (exact) mass is 251 g/mol. The predicted molar refractivity (Wildman–Crippen MR) is 54.6 cm³/mol. The van der Waals surface area contributed by atoms with Crippen molar-refractivity contribution in [1.29, 1.82) is 0 Å². The summed E-state index contributed by atoms with van der Waals surface area (Å²) in [5.74, 6) is -1.11. The van der Waals surface area contributed by atoms with Gasteiger partial charge in [0, 0.05) is 5.56 Å². The fraction of sp³-hybridized carbons (Fsp3) is 0.333. The molecule has 1 aromatic rings. The van der Waals surface area contributed by atoms with Crippen LogP contribution in [-0.2, 0) is 0 Å².